The van der Waals surface area contributed by atoms with Crippen LogP contribution < -0.4 is 0 Å². The van der Waals surface area contributed by atoms with Gasteiger partial charge in [0.25, 0.3) is 0 Å². The summed E-state index contributed by atoms with van der Waals surface area (Å²) in [6, 6.07) is 33.3. The number of hydrogen-bond donors (Lipinski definition) is 0. The van der Waals surface area contributed by atoms with Crippen LogP contribution in [0, 0.1) is 66.1 Å². The third kappa shape index (κ3) is 4.52. The zero-order valence-electron chi connectivity index (χ0n) is 23.7. The fourth-order valence-electron chi connectivity index (χ4n) is 8.62. The van der Waals surface area contributed by atoms with E-state index in [0.29, 0.717) is 11.8 Å². The van der Waals surface area contributed by atoms with Gasteiger partial charge in [0.15, 0.2) is 0 Å². The molecule has 0 radical (unpaired) electrons. The molecule has 4 fully saturated rings. The van der Waals surface area contributed by atoms with Gasteiger partial charge in [-0.05, 0) is 103 Å². The van der Waals surface area contributed by atoms with Crippen LogP contribution in [-0.2, 0) is 5.41 Å². The fourth-order valence-corrected chi connectivity index (χ4v) is 8.62. The van der Waals surface area contributed by atoms with E-state index in [-0.39, 0.29) is 5.41 Å². The van der Waals surface area contributed by atoms with Crippen molar-refractivity contribution in [3.05, 3.63) is 142 Å². The molecule has 0 aliphatic heterocycles. The average molecular weight is 537 g/mol. The van der Waals surface area contributed by atoms with Gasteiger partial charge in [-0.15, -0.1) is 12.8 Å². The van der Waals surface area contributed by atoms with E-state index in [1.807, 2.05) is 60.7 Å². The monoisotopic (exact) mass is 536 g/mol. The number of hydrogen-bond acceptors (Lipinski definition) is 0. The van der Waals surface area contributed by atoms with Crippen LogP contribution in [0.15, 0.2) is 97.1 Å². The van der Waals surface area contributed by atoms with E-state index >= 15 is 0 Å². The third-order valence-corrected chi connectivity index (χ3v) is 9.86. The highest BCUT2D eigenvalue weighted by molar-refractivity contribution is 5.61. The standard InChI is InChI=1S/C42H32/c1-3-37-34(23-21-30-13-7-5-8-14-30)17-11-19-39(37)41-36-26-32-25-33(27-36)29-42(41,28-32)40-20-12-18-35(38(40)4-2)24-22-31-15-9-6-10-16-31/h1-2,5-20,32-33,36,41H,25-29H2. The molecule has 200 valence electrons. The highest BCUT2D eigenvalue weighted by Crippen LogP contribution is 2.67. The molecule has 0 heterocycles. The molecule has 4 aliphatic carbocycles. The van der Waals surface area contributed by atoms with Crippen LogP contribution in [0.2, 0.25) is 0 Å². The van der Waals surface area contributed by atoms with Crippen LogP contribution in [0.1, 0.15) is 82.5 Å². The Morgan fingerprint density at radius 3 is 1.67 bits per heavy atom. The second kappa shape index (κ2) is 10.8. The molecule has 0 saturated heterocycles. The molecular formula is C42H32. The molecule has 0 nitrogen and oxygen atoms in total. The molecule has 0 aromatic heterocycles. The van der Waals surface area contributed by atoms with Crippen LogP contribution in [0.4, 0.5) is 0 Å². The van der Waals surface area contributed by atoms with Gasteiger partial charge in [-0.1, -0.05) is 96.2 Å². The van der Waals surface area contributed by atoms with Crippen molar-refractivity contribution in [3.63, 3.8) is 0 Å². The minimum Gasteiger partial charge on any atom is -0.115 e. The molecule has 8 rings (SSSR count). The van der Waals surface area contributed by atoms with E-state index in [0.717, 1.165) is 58.1 Å². The highest BCUT2D eigenvalue weighted by Gasteiger charge is 2.59. The minimum absolute atomic E-state index is 0.0576. The van der Waals surface area contributed by atoms with E-state index in [2.05, 4.69) is 71.9 Å². The van der Waals surface area contributed by atoms with Crippen LogP contribution in [-0.4, -0.2) is 0 Å². The van der Waals surface area contributed by atoms with E-state index in [1.54, 1.807) is 0 Å². The maximum absolute atomic E-state index is 6.33. The fraction of sp³-hybridized carbons (Fsp3) is 0.238. The first-order valence-corrected chi connectivity index (χ1v) is 15.0. The summed E-state index contributed by atoms with van der Waals surface area (Å²) in [6.45, 7) is 0. The van der Waals surface area contributed by atoms with Crippen molar-refractivity contribution in [1.82, 2.24) is 0 Å². The molecule has 42 heavy (non-hydrogen) atoms. The lowest BCUT2D eigenvalue weighted by molar-refractivity contribution is -0.0282. The SMILES string of the molecule is C#Cc1c(C#Cc2ccccc2)cccc1C1C2CC3CC(C2)CC1(c1cccc(C#Cc2ccccc2)c1C#C)C3. The predicted octanol–water partition coefficient (Wildman–Crippen LogP) is 8.31. The van der Waals surface area contributed by atoms with Gasteiger partial charge < -0.3 is 0 Å². The Bertz CT molecular complexity index is 1840. The molecule has 3 atom stereocenters. The van der Waals surface area contributed by atoms with Crippen molar-refractivity contribution < 1.29 is 0 Å². The van der Waals surface area contributed by atoms with Gasteiger partial charge in [0, 0.05) is 38.8 Å². The molecule has 0 amide bonds. The Morgan fingerprint density at radius 2 is 1.10 bits per heavy atom. The summed E-state index contributed by atoms with van der Waals surface area (Å²) in [7, 11) is 0. The summed E-state index contributed by atoms with van der Waals surface area (Å²) in [5.41, 5.74) is 8.25. The molecule has 0 heteroatoms. The summed E-state index contributed by atoms with van der Waals surface area (Å²) in [5.74, 6) is 22.1. The molecule has 0 spiro atoms. The van der Waals surface area contributed by atoms with Crippen LogP contribution in [0.3, 0.4) is 0 Å². The molecule has 0 N–H and O–H groups in total. The number of terminal acetylenes is 2. The van der Waals surface area contributed by atoms with Crippen LogP contribution in [0.25, 0.3) is 0 Å². The molecular weight excluding hydrogens is 504 g/mol. The third-order valence-electron chi connectivity index (χ3n) is 9.86. The highest BCUT2D eigenvalue weighted by atomic mass is 14.6. The Morgan fingerprint density at radius 1 is 0.548 bits per heavy atom. The Kier molecular flexibility index (Phi) is 6.72. The lowest BCUT2D eigenvalue weighted by Crippen LogP contribution is -2.54. The Hall–Kier alpha value is -4.88. The molecule has 3 unspecified atom stereocenters. The second-order valence-electron chi connectivity index (χ2n) is 12.3. The number of benzene rings is 4. The lowest BCUT2D eigenvalue weighted by Gasteiger charge is -2.62. The normalized spacial score (nSPS) is 24.8. The zero-order valence-corrected chi connectivity index (χ0v) is 23.7. The van der Waals surface area contributed by atoms with E-state index in [9.17, 15) is 0 Å². The summed E-state index contributed by atoms with van der Waals surface area (Å²) in [6.07, 6.45) is 18.8. The van der Waals surface area contributed by atoms with Crippen molar-refractivity contribution in [2.75, 3.05) is 0 Å². The lowest BCUT2D eigenvalue weighted by atomic mass is 9.42. The second-order valence-corrected chi connectivity index (χ2v) is 12.3. The van der Waals surface area contributed by atoms with E-state index in [1.165, 1.54) is 30.4 Å². The van der Waals surface area contributed by atoms with Gasteiger partial charge >= 0.3 is 0 Å². The summed E-state index contributed by atoms with van der Waals surface area (Å²) in [4.78, 5) is 0. The predicted molar refractivity (Wildman–Crippen MR) is 172 cm³/mol. The first kappa shape index (κ1) is 26.0. The van der Waals surface area contributed by atoms with Gasteiger partial charge in [-0.2, -0.15) is 0 Å². The summed E-state index contributed by atoms with van der Waals surface area (Å²) < 4.78 is 0. The van der Waals surface area contributed by atoms with Gasteiger partial charge in [-0.25, -0.2) is 0 Å². The molecule has 4 aliphatic rings. The van der Waals surface area contributed by atoms with Crippen LogP contribution >= 0.6 is 0 Å². The van der Waals surface area contributed by atoms with E-state index < -0.39 is 0 Å². The van der Waals surface area contributed by atoms with Crippen molar-refractivity contribution >= 4 is 0 Å². The van der Waals surface area contributed by atoms with Crippen LogP contribution in [0.5, 0.6) is 0 Å². The smallest absolute Gasteiger partial charge is 0.0437 e. The van der Waals surface area contributed by atoms with Gasteiger partial charge in [0.2, 0.25) is 0 Å². The van der Waals surface area contributed by atoms with Crippen molar-refractivity contribution in [2.45, 2.75) is 43.4 Å². The number of rotatable bonds is 2. The van der Waals surface area contributed by atoms with Crippen molar-refractivity contribution in [3.8, 4) is 48.4 Å². The topological polar surface area (TPSA) is 0 Å². The van der Waals surface area contributed by atoms with Gasteiger partial charge in [0.1, 0.15) is 0 Å². The largest absolute Gasteiger partial charge is 0.115 e. The average Bonchev–Trinajstić information content (AvgIpc) is 3.03. The first-order chi connectivity index (χ1) is 20.7. The minimum atomic E-state index is -0.0576. The molecule has 4 bridgehead atoms. The Labute approximate surface area is 250 Å². The first-order valence-electron chi connectivity index (χ1n) is 15.0. The maximum Gasteiger partial charge on any atom is 0.0437 e. The summed E-state index contributed by atoms with van der Waals surface area (Å²) >= 11 is 0. The molecule has 4 saturated carbocycles. The molecule has 4 aromatic rings. The maximum atomic E-state index is 6.33. The van der Waals surface area contributed by atoms with Crippen molar-refractivity contribution in [1.29, 1.82) is 0 Å². The quantitative estimate of drug-likeness (QED) is 0.226. The van der Waals surface area contributed by atoms with E-state index in [4.69, 9.17) is 12.8 Å². The van der Waals surface area contributed by atoms with Gasteiger partial charge in [-0.3, -0.25) is 0 Å². The Balaban J connectivity index is 1.38. The van der Waals surface area contributed by atoms with Gasteiger partial charge in [0.05, 0.1) is 0 Å². The summed E-state index contributed by atoms with van der Waals surface area (Å²) in [5, 5.41) is 0. The molecule has 4 aromatic carbocycles. The van der Waals surface area contributed by atoms with Crippen molar-refractivity contribution in [2.24, 2.45) is 17.8 Å². The zero-order chi connectivity index (χ0) is 28.5.